The standard InChI is InChI=1S/C12H18N4O3S/c1-3-5-13-11(19)8(2)15-10(18)7-20-12-14-6-4-9(17)16-12/h4,6,8H,3,5,7H2,1-2H3,(H,13,19)(H,15,18)(H,14,16,17)/t8-/m1/s1. The molecule has 3 N–H and O–H groups in total. The van der Waals surface area contributed by atoms with Gasteiger partial charge in [-0.3, -0.25) is 14.4 Å². The molecule has 1 heterocycles. The van der Waals surface area contributed by atoms with E-state index in [1.807, 2.05) is 6.92 Å². The van der Waals surface area contributed by atoms with Crippen LogP contribution in [0.1, 0.15) is 20.3 Å². The third-order valence-electron chi connectivity index (χ3n) is 2.31. The molecule has 0 radical (unpaired) electrons. The fourth-order valence-electron chi connectivity index (χ4n) is 1.31. The average molecular weight is 298 g/mol. The van der Waals surface area contributed by atoms with Crippen molar-refractivity contribution in [3.8, 4) is 0 Å². The van der Waals surface area contributed by atoms with Crippen molar-refractivity contribution >= 4 is 23.6 Å². The number of carbonyl (C=O) groups excluding carboxylic acids is 2. The monoisotopic (exact) mass is 298 g/mol. The van der Waals surface area contributed by atoms with E-state index in [9.17, 15) is 14.4 Å². The number of rotatable bonds is 7. The Balaban J connectivity index is 2.36. The van der Waals surface area contributed by atoms with Gasteiger partial charge in [-0.2, -0.15) is 0 Å². The zero-order valence-electron chi connectivity index (χ0n) is 11.4. The second kappa shape index (κ2) is 8.36. The summed E-state index contributed by atoms with van der Waals surface area (Å²) >= 11 is 1.10. The quantitative estimate of drug-likeness (QED) is 0.481. The number of hydrogen-bond acceptors (Lipinski definition) is 5. The van der Waals surface area contributed by atoms with Gasteiger partial charge in [-0.15, -0.1) is 0 Å². The van der Waals surface area contributed by atoms with Gasteiger partial charge in [0.15, 0.2) is 5.16 Å². The predicted molar refractivity (Wildman–Crippen MR) is 76.5 cm³/mol. The van der Waals surface area contributed by atoms with Crippen LogP contribution in [-0.4, -0.2) is 40.1 Å². The van der Waals surface area contributed by atoms with Gasteiger partial charge in [-0.1, -0.05) is 18.7 Å². The molecule has 0 saturated heterocycles. The number of amides is 2. The summed E-state index contributed by atoms with van der Waals surface area (Å²) in [6, 6.07) is 0.710. The average Bonchev–Trinajstić information content (AvgIpc) is 2.42. The van der Waals surface area contributed by atoms with Crippen LogP contribution in [0.15, 0.2) is 22.2 Å². The van der Waals surface area contributed by atoms with Gasteiger partial charge in [-0.05, 0) is 13.3 Å². The van der Waals surface area contributed by atoms with Crippen LogP contribution in [0.4, 0.5) is 0 Å². The highest BCUT2D eigenvalue weighted by molar-refractivity contribution is 7.99. The van der Waals surface area contributed by atoms with Gasteiger partial charge in [0.05, 0.1) is 5.75 Å². The highest BCUT2D eigenvalue weighted by Gasteiger charge is 2.15. The minimum Gasteiger partial charge on any atom is -0.354 e. The lowest BCUT2D eigenvalue weighted by molar-refractivity contribution is -0.127. The van der Waals surface area contributed by atoms with Crippen molar-refractivity contribution in [2.45, 2.75) is 31.5 Å². The van der Waals surface area contributed by atoms with Crippen LogP contribution in [0.5, 0.6) is 0 Å². The van der Waals surface area contributed by atoms with Crippen molar-refractivity contribution in [1.29, 1.82) is 0 Å². The van der Waals surface area contributed by atoms with E-state index in [-0.39, 0.29) is 23.1 Å². The zero-order valence-corrected chi connectivity index (χ0v) is 12.3. The Morgan fingerprint density at radius 2 is 2.25 bits per heavy atom. The maximum absolute atomic E-state index is 11.7. The Morgan fingerprint density at radius 1 is 1.50 bits per heavy atom. The molecule has 7 nitrogen and oxygen atoms in total. The number of thioether (sulfide) groups is 1. The van der Waals surface area contributed by atoms with E-state index >= 15 is 0 Å². The molecule has 1 rings (SSSR count). The van der Waals surface area contributed by atoms with E-state index in [0.29, 0.717) is 11.7 Å². The Labute approximate surface area is 120 Å². The predicted octanol–water partition coefficient (Wildman–Crippen LogP) is -0.107. The fourth-order valence-corrected chi connectivity index (χ4v) is 1.97. The van der Waals surface area contributed by atoms with Crippen LogP contribution in [0, 0.1) is 0 Å². The molecule has 1 aromatic rings. The van der Waals surface area contributed by atoms with Crippen molar-refractivity contribution in [3.05, 3.63) is 22.6 Å². The van der Waals surface area contributed by atoms with Gasteiger partial charge in [-0.25, -0.2) is 4.98 Å². The molecular formula is C12H18N4O3S. The molecule has 0 aliphatic rings. The van der Waals surface area contributed by atoms with E-state index in [4.69, 9.17) is 0 Å². The first-order chi connectivity index (χ1) is 9.52. The lowest BCUT2D eigenvalue weighted by Crippen LogP contribution is -2.45. The number of nitrogens with one attached hydrogen (secondary N) is 3. The first-order valence-electron chi connectivity index (χ1n) is 6.28. The molecule has 0 bridgehead atoms. The minimum atomic E-state index is -0.586. The molecule has 1 atom stereocenters. The van der Waals surface area contributed by atoms with E-state index < -0.39 is 6.04 Å². The SMILES string of the molecule is CCCNC(=O)[C@@H](C)NC(=O)CSc1nccc(=O)[nH]1. The summed E-state index contributed by atoms with van der Waals surface area (Å²) in [5.41, 5.74) is -0.268. The van der Waals surface area contributed by atoms with Crippen LogP contribution in [0.3, 0.4) is 0 Å². The normalized spacial score (nSPS) is 11.7. The highest BCUT2D eigenvalue weighted by Crippen LogP contribution is 2.08. The van der Waals surface area contributed by atoms with Crippen LogP contribution >= 0.6 is 11.8 Å². The Hall–Kier alpha value is -1.83. The van der Waals surface area contributed by atoms with Crippen LogP contribution in [0.2, 0.25) is 0 Å². The molecule has 0 fully saturated rings. The molecule has 20 heavy (non-hydrogen) atoms. The summed E-state index contributed by atoms with van der Waals surface area (Å²) in [6.07, 6.45) is 2.22. The third kappa shape index (κ3) is 5.87. The number of aromatic nitrogens is 2. The molecular weight excluding hydrogens is 280 g/mol. The van der Waals surface area contributed by atoms with Gasteiger partial charge in [0, 0.05) is 18.8 Å². The molecule has 110 valence electrons. The number of hydrogen-bond donors (Lipinski definition) is 3. The van der Waals surface area contributed by atoms with E-state index in [2.05, 4.69) is 20.6 Å². The molecule has 8 heteroatoms. The van der Waals surface area contributed by atoms with Gasteiger partial charge in [0.25, 0.3) is 5.56 Å². The second-order valence-electron chi connectivity index (χ2n) is 4.11. The summed E-state index contributed by atoms with van der Waals surface area (Å²) in [4.78, 5) is 40.7. The topological polar surface area (TPSA) is 104 Å². The lowest BCUT2D eigenvalue weighted by atomic mass is 10.3. The van der Waals surface area contributed by atoms with E-state index in [1.54, 1.807) is 6.92 Å². The number of nitrogens with zero attached hydrogens (tertiary/aromatic N) is 1. The summed E-state index contributed by atoms with van der Waals surface area (Å²) in [5.74, 6) is -0.421. The third-order valence-corrected chi connectivity index (χ3v) is 3.20. The smallest absolute Gasteiger partial charge is 0.251 e. The molecule has 2 amide bonds. The van der Waals surface area contributed by atoms with Crippen LogP contribution in [-0.2, 0) is 9.59 Å². The van der Waals surface area contributed by atoms with Gasteiger partial charge in [0.2, 0.25) is 11.8 Å². The van der Waals surface area contributed by atoms with Gasteiger partial charge < -0.3 is 15.6 Å². The molecule has 0 aliphatic heterocycles. The molecule has 0 saturated carbocycles. The lowest BCUT2D eigenvalue weighted by Gasteiger charge is -2.13. The second-order valence-corrected chi connectivity index (χ2v) is 5.07. The van der Waals surface area contributed by atoms with E-state index in [1.165, 1.54) is 12.3 Å². The van der Waals surface area contributed by atoms with Gasteiger partial charge >= 0.3 is 0 Å². The fraction of sp³-hybridized carbons (Fsp3) is 0.500. The number of carbonyl (C=O) groups is 2. The number of aromatic amines is 1. The van der Waals surface area contributed by atoms with E-state index in [0.717, 1.165) is 18.2 Å². The van der Waals surface area contributed by atoms with Gasteiger partial charge in [0.1, 0.15) is 6.04 Å². The first kappa shape index (κ1) is 16.2. The Morgan fingerprint density at radius 3 is 2.90 bits per heavy atom. The largest absolute Gasteiger partial charge is 0.354 e. The Bertz CT molecular complexity index is 517. The summed E-state index contributed by atoms with van der Waals surface area (Å²) in [6.45, 7) is 4.16. The molecule has 0 aromatic carbocycles. The molecule has 0 spiro atoms. The van der Waals surface area contributed by atoms with Crippen LogP contribution in [0.25, 0.3) is 0 Å². The maximum Gasteiger partial charge on any atom is 0.251 e. The summed E-state index contributed by atoms with van der Waals surface area (Å²) in [5, 5.41) is 5.65. The molecule has 0 unspecified atom stereocenters. The maximum atomic E-state index is 11.7. The van der Waals surface area contributed by atoms with Crippen molar-refractivity contribution in [2.75, 3.05) is 12.3 Å². The zero-order chi connectivity index (χ0) is 15.0. The van der Waals surface area contributed by atoms with Crippen molar-refractivity contribution in [2.24, 2.45) is 0 Å². The number of H-pyrrole nitrogens is 1. The molecule has 1 aromatic heterocycles. The summed E-state index contributed by atoms with van der Waals surface area (Å²) < 4.78 is 0. The van der Waals surface area contributed by atoms with Crippen molar-refractivity contribution < 1.29 is 9.59 Å². The van der Waals surface area contributed by atoms with Crippen LogP contribution < -0.4 is 16.2 Å². The minimum absolute atomic E-state index is 0.0817. The first-order valence-corrected chi connectivity index (χ1v) is 7.26. The van der Waals surface area contributed by atoms with Crippen molar-refractivity contribution in [3.63, 3.8) is 0 Å². The van der Waals surface area contributed by atoms with Crippen molar-refractivity contribution in [1.82, 2.24) is 20.6 Å². The summed E-state index contributed by atoms with van der Waals surface area (Å²) in [7, 11) is 0. The Kier molecular flexibility index (Phi) is 6.78. The highest BCUT2D eigenvalue weighted by atomic mass is 32.2. The molecule has 0 aliphatic carbocycles.